The molecular formula is C18H27N3O. The molecule has 22 heavy (non-hydrogen) atoms. The average Bonchev–Trinajstić information content (AvgIpc) is 3.39. The first-order valence-corrected chi connectivity index (χ1v) is 8.55. The number of amides is 1. The molecule has 0 aromatic heterocycles. The Labute approximate surface area is 133 Å². The van der Waals surface area contributed by atoms with Crippen molar-refractivity contribution in [3.63, 3.8) is 0 Å². The van der Waals surface area contributed by atoms with Crippen LogP contribution in [0.4, 0.5) is 0 Å². The quantitative estimate of drug-likeness (QED) is 0.843. The molecule has 0 radical (unpaired) electrons. The molecule has 1 heterocycles. The van der Waals surface area contributed by atoms with Gasteiger partial charge in [-0.05, 0) is 43.7 Å². The summed E-state index contributed by atoms with van der Waals surface area (Å²) < 4.78 is 0. The molecular weight excluding hydrogens is 274 g/mol. The highest BCUT2D eigenvalue weighted by atomic mass is 16.2. The molecule has 3 rings (SSSR count). The minimum atomic E-state index is 0.000333. The SMILES string of the molecule is NC(CNC(=O)C1CCCCN1Cc1ccccc1)C1CC1. The maximum Gasteiger partial charge on any atom is 0.237 e. The van der Waals surface area contributed by atoms with Crippen molar-refractivity contribution in [3.8, 4) is 0 Å². The van der Waals surface area contributed by atoms with Crippen molar-refractivity contribution >= 4 is 5.91 Å². The smallest absolute Gasteiger partial charge is 0.237 e. The van der Waals surface area contributed by atoms with Gasteiger partial charge < -0.3 is 11.1 Å². The van der Waals surface area contributed by atoms with Crippen molar-refractivity contribution in [3.05, 3.63) is 35.9 Å². The van der Waals surface area contributed by atoms with Crippen LogP contribution in [0.3, 0.4) is 0 Å². The molecule has 4 nitrogen and oxygen atoms in total. The van der Waals surface area contributed by atoms with Crippen molar-refractivity contribution in [1.29, 1.82) is 0 Å². The van der Waals surface area contributed by atoms with E-state index in [4.69, 9.17) is 5.73 Å². The summed E-state index contributed by atoms with van der Waals surface area (Å²) in [5, 5.41) is 3.08. The maximum absolute atomic E-state index is 12.5. The van der Waals surface area contributed by atoms with Crippen LogP contribution in [0.5, 0.6) is 0 Å². The number of carbonyl (C=O) groups is 1. The third-order valence-electron chi connectivity index (χ3n) is 4.88. The highest BCUT2D eigenvalue weighted by Crippen LogP contribution is 2.31. The van der Waals surface area contributed by atoms with Crippen LogP contribution in [0.1, 0.15) is 37.7 Å². The fourth-order valence-electron chi connectivity index (χ4n) is 3.32. The van der Waals surface area contributed by atoms with Gasteiger partial charge in [0.05, 0.1) is 6.04 Å². The minimum Gasteiger partial charge on any atom is -0.353 e. The van der Waals surface area contributed by atoms with E-state index in [0.29, 0.717) is 12.5 Å². The van der Waals surface area contributed by atoms with Crippen LogP contribution in [0.2, 0.25) is 0 Å². The summed E-state index contributed by atoms with van der Waals surface area (Å²) in [5.41, 5.74) is 7.36. The summed E-state index contributed by atoms with van der Waals surface area (Å²) in [6.45, 7) is 2.48. The monoisotopic (exact) mass is 301 g/mol. The number of benzene rings is 1. The van der Waals surface area contributed by atoms with E-state index >= 15 is 0 Å². The molecule has 1 aromatic carbocycles. The first-order valence-electron chi connectivity index (χ1n) is 8.55. The van der Waals surface area contributed by atoms with E-state index in [0.717, 1.165) is 25.9 Å². The zero-order valence-electron chi connectivity index (χ0n) is 13.2. The molecule has 2 aliphatic rings. The van der Waals surface area contributed by atoms with Gasteiger partial charge in [0.25, 0.3) is 0 Å². The lowest BCUT2D eigenvalue weighted by atomic mass is 10.00. The third-order valence-corrected chi connectivity index (χ3v) is 4.88. The lowest BCUT2D eigenvalue weighted by Crippen LogP contribution is -2.51. The number of hydrogen-bond donors (Lipinski definition) is 2. The molecule has 120 valence electrons. The summed E-state index contributed by atoms with van der Waals surface area (Å²) in [5.74, 6) is 0.791. The zero-order chi connectivity index (χ0) is 15.4. The molecule has 1 aliphatic heterocycles. The van der Waals surface area contributed by atoms with Gasteiger partial charge in [-0.3, -0.25) is 9.69 Å². The van der Waals surface area contributed by atoms with Gasteiger partial charge in [-0.2, -0.15) is 0 Å². The van der Waals surface area contributed by atoms with Crippen LogP contribution in [0, 0.1) is 5.92 Å². The summed E-state index contributed by atoms with van der Waals surface area (Å²) in [6.07, 6.45) is 5.72. The Balaban J connectivity index is 1.55. The summed E-state index contributed by atoms with van der Waals surface area (Å²) >= 11 is 0. The Hall–Kier alpha value is -1.39. The molecule has 2 unspecified atom stereocenters. The average molecular weight is 301 g/mol. The molecule has 4 heteroatoms. The van der Waals surface area contributed by atoms with Crippen LogP contribution < -0.4 is 11.1 Å². The number of rotatable bonds is 6. The van der Waals surface area contributed by atoms with Crippen molar-refractivity contribution < 1.29 is 4.79 Å². The fourth-order valence-corrected chi connectivity index (χ4v) is 3.32. The number of hydrogen-bond acceptors (Lipinski definition) is 3. The van der Waals surface area contributed by atoms with Crippen LogP contribution in [-0.2, 0) is 11.3 Å². The molecule has 1 aromatic rings. The van der Waals surface area contributed by atoms with Crippen molar-refractivity contribution in [1.82, 2.24) is 10.2 Å². The molecule has 1 saturated carbocycles. The number of nitrogens with zero attached hydrogens (tertiary/aromatic N) is 1. The first kappa shape index (κ1) is 15.5. The molecule has 0 spiro atoms. The number of piperidine rings is 1. The molecule has 2 atom stereocenters. The Bertz CT molecular complexity index is 486. The van der Waals surface area contributed by atoms with E-state index in [9.17, 15) is 4.79 Å². The van der Waals surface area contributed by atoms with Gasteiger partial charge in [-0.25, -0.2) is 0 Å². The molecule has 1 aliphatic carbocycles. The Kier molecular flexibility index (Phi) is 5.11. The van der Waals surface area contributed by atoms with Gasteiger partial charge in [0.15, 0.2) is 0 Å². The summed E-state index contributed by atoms with van der Waals surface area (Å²) in [7, 11) is 0. The van der Waals surface area contributed by atoms with Gasteiger partial charge in [0, 0.05) is 19.1 Å². The van der Waals surface area contributed by atoms with E-state index in [1.165, 1.54) is 24.8 Å². The van der Waals surface area contributed by atoms with E-state index < -0.39 is 0 Å². The second kappa shape index (κ2) is 7.25. The Morgan fingerprint density at radius 1 is 1.23 bits per heavy atom. The van der Waals surface area contributed by atoms with Crippen LogP contribution in [-0.4, -0.2) is 36.0 Å². The number of carbonyl (C=O) groups excluding carboxylic acids is 1. The minimum absolute atomic E-state index is 0.000333. The first-order chi connectivity index (χ1) is 10.7. The molecule has 0 bridgehead atoms. The van der Waals surface area contributed by atoms with E-state index in [1.54, 1.807) is 0 Å². The fraction of sp³-hybridized carbons (Fsp3) is 0.611. The predicted octanol–water partition coefficient (Wildman–Crippen LogP) is 1.89. The van der Waals surface area contributed by atoms with Gasteiger partial charge in [0.2, 0.25) is 5.91 Å². The standard InChI is InChI=1S/C18H27N3O/c19-16(15-9-10-15)12-20-18(22)17-8-4-5-11-21(17)13-14-6-2-1-3-7-14/h1-3,6-7,15-17H,4-5,8-13,19H2,(H,20,22). The maximum atomic E-state index is 12.5. The topological polar surface area (TPSA) is 58.4 Å². The van der Waals surface area contributed by atoms with Crippen molar-refractivity contribution in [2.45, 2.75) is 50.7 Å². The molecule has 3 N–H and O–H groups in total. The predicted molar refractivity (Wildman–Crippen MR) is 88.2 cm³/mol. The number of nitrogens with one attached hydrogen (secondary N) is 1. The summed E-state index contributed by atoms with van der Waals surface area (Å²) in [6, 6.07) is 10.5. The van der Waals surface area contributed by atoms with E-state index in [-0.39, 0.29) is 18.0 Å². The van der Waals surface area contributed by atoms with Gasteiger partial charge in [0.1, 0.15) is 0 Å². The van der Waals surface area contributed by atoms with Crippen molar-refractivity contribution in [2.24, 2.45) is 11.7 Å². The van der Waals surface area contributed by atoms with Gasteiger partial charge in [-0.1, -0.05) is 36.8 Å². The van der Waals surface area contributed by atoms with E-state index in [2.05, 4.69) is 34.5 Å². The second-order valence-corrected chi connectivity index (χ2v) is 6.71. The Morgan fingerprint density at radius 2 is 2.00 bits per heavy atom. The number of likely N-dealkylation sites (tertiary alicyclic amines) is 1. The second-order valence-electron chi connectivity index (χ2n) is 6.71. The highest BCUT2D eigenvalue weighted by molar-refractivity contribution is 5.81. The number of nitrogens with two attached hydrogens (primary N) is 1. The molecule has 1 amide bonds. The summed E-state index contributed by atoms with van der Waals surface area (Å²) in [4.78, 5) is 14.9. The normalized spacial score (nSPS) is 24.0. The van der Waals surface area contributed by atoms with Crippen LogP contribution >= 0.6 is 0 Å². The molecule has 2 fully saturated rings. The van der Waals surface area contributed by atoms with Gasteiger partial charge >= 0.3 is 0 Å². The Morgan fingerprint density at radius 3 is 2.73 bits per heavy atom. The lowest BCUT2D eigenvalue weighted by Gasteiger charge is -2.35. The third kappa shape index (κ3) is 4.08. The van der Waals surface area contributed by atoms with E-state index in [1.807, 2.05) is 6.07 Å². The largest absolute Gasteiger partial charge is 0.353 e. The van der Waals surface area contributed by atoms with Crippen molar-refractivity contribution in [2.75, 3.05) is 13.1 Å². The zero-order valence-corrected chi connectivity index (χ0v) is 13.2. The highest BCUT2D eigenvalue weighted by Gasteiger charge is 2.31. The lowest BCUT2D eigenvalue weighted by molar-refractivity contribution is -0.128. The van der Waals surface area contributed by atoms with Gasteiger partial charge in [-0.15, -0.1) is 0 Å². The van der Waals surface area contributed by atoms with Crippen LogP contribution in [0.25, 0.3) is 0 Å². The molecule has 1 saturated heterocycles. The van der Waals surface area contributed by atoms with Crippen LogP contribution in [0.15, 0.2) is 30.3 Å².